The van der Waals surface area contributed by atoms with Gasteiger partial charge in [-0.2, -0.15) is 0 Å². The summed E-state index contributed by atoms with van der Waals surface area (Å²) < 4.78 is 0. The molecule has 20 heavy (non-hydrogen) atoms. The van der Waals surface area contributed by atoms with E-state index in [0.717, 1.165) is 44.4 Å². The lowest BCUT2D eigenvalue weighted by molar-refractivity contribution is -0.122. The average Bonchev–Trinajstić information content (AvgIpc) is 3.00. The smallest absolute Gasteiger partial charge is 0.238 e. The fourth-order valence-corrected chi connectivity index (χ4v) is 3.70. The van der Waals surface area contributed by atoms with Gasteiger partial charge in [-0.25, -0.2) is 0 Å². The molecule has 6 heteroatoms. The molecule has 2 aliphatic rings. The zero-order valence-electron chi connectivity index (χ0n) is 12.7. The molecule has 2 N–H and O–H groups in total. The number of nitrogens with zero attached hydrogens (tertiary/aromatic N) is 2. The fourth-order valence-electron chi connectivity index (χ4n) is 2.76. The number of amides is 1. The number of hydrogen-bond donors (Lipinski definition) is 2. The molecule has 2 heterocycles. The van der Waals surface area contributed by atoms with E-state index in [2.05, 4.69) is 34.3 Å². The summed E-state index contributed by atoms with van der Waals surface area (Å²) in [5.41, 5.74) is 0. The molecule has 0 aliphatic carbocycles. The van der Waals surface area contributed by atoms with Crippen LogP contribution in [0.2, 0.25) is 0 Å². The quantitative estimate of drug-likeness (QED) is 0.725. The van der Waals surface area contributed by atoms with Crippen LogP contribution in [-0.4, -0.2) is 79.2 Å². The third-order valence-corrected chi connectivity index (χ3v) is 5.08. The number of rotatable bonds is 6. The molecule has 0 saturated carbocycles. The lowest BCUT2D eigenvalue weighted by Gasteiger charge is -2.35. The van der Waals surface area contributed by atoms with Crippen LogP contribution in [-0.2, 0) is 4.79 Å². The molecule has 2 saturated heterocycles. The second kappa shape index (κ2) is 8.22. The Labute approximate surface area is 126 Å². The van der Waals surface area contributed by atoms with E-state index in [1.54, 1.807) is 11.8 Å². The predicted octanol–water partition coefficient (Wildman–Crippen LogP) is 0.0387. The van der Waals surface area contributed by atoms with E-state index in [1.807, 2.05) is 0 Å². The van der Waals surface area contributed by atoms with E-state index in [-0.39, 0.29) is 11.9 Å². The molecule has 116 valence electrons. The third kappa shape index (κ3) is 4.91. The van der Waals surface area contributed by atoms with Gasteiger partial charge in [0.2, 0.25) is 5.91 Å². The van der Waals surface area contributed by atoms with Crippen molar-refractivity contribution in [2.45, 2.75) is 19.9 Å². The second-order valence-electron chi connectivity index (χ2n) is 5.86. The summed E-state index contributed by atoms with van der Waals surface area (Å²) in [6, 6.07) is 0.0142. The van der Waals surface area contributed by atoms with Crippen molar-refractivity contribution in [2.24, 2.45) is 5.92 Å². The van der Waals surface area contributed by atoms with E-state index in [4.69, 9.17) is 0 Å². The Morgan fingerprint density at radius 1 is 1.35 bits per heavy atom. The molecule has 0 spiro atoms. The predicted molar refractivity (Wildman–Crippen MR) is 85.0 cm³/mol. The van der Waals surface area contributed by atoms with Crippen LogP contribution in [0.15, 0.2) is 0 Å². The molecule has 0 aromatic carbocycles. The van der Waals surface area contributed by atoms with Gasteiger partial charge in [0.25, 0.3) is 0 Å². The Morgan fingerprint density at radius 2 is 2.05 bits per heavy atom. The maximum Gasteiger partial charge on any atom is 0.238 e. The Bertz CT molecular complexity index is 302. The van der Waals surface area contributed by atoms with Gasteiger partial charge in [0.1, 0.15) is 0 Å². The molecule has 2 unspecified atom stereocenters. The highest BCUT2D eigenvalue weighted by Gasteiger charge is 2.23. The topological polar surface area (TPSA) is 47.6 Å². The molecule has 0 aromatic rings. The molecule has 2 fully saturated rings. The van der Waals surface area contributed by atoms with Crippen LogP contribution in [0.5, 0.6) is 0 Å². The first-order chi connectivity index (χ1) is 9.69. The maximum absolute atomic E-state index is 11.9. The molecule has 2 aliphatic heterocycles. The second-order valence-corrected chi connectivity index (χ2v) is 6.89. The summed E-state index contributed by atoms with van der Waals surface area (Å²) in [6.07, 6.45) is 0. The van der Waals surface area contributed by atoms with Crippen LogP contribution in [0.1, 0.15) is 13.8 Å². The summed E-state index contributed by atoms with van der Waals surface area (Å²) >= 11 is 1.79. The number of hydrogen-bond acceptors (Lipinski definition) is 5. The molecule has 1 amide bonds. The lowest BCUT2D eigenvalue weighted by Crippen LogP contribution is -2.49. The molecule has 5 nitrogen and oxygen atoms in total. The third-order valence-electron chi connectivity index (χ3n) is 4.14. The maximum atomic E-state index is 11.9. The molecular weight excluding hydrogens is 272 g/mol. The monoisotopic (exact) mass is 300 g/mol. The molecule has 2 rings (SSSR count). The van der Waals surface area contributed by atoms with E-state index in [0.29, 0.717) is 5.92 Å². The van der Waals surface area contributed by atoms with Gasteiger partial charge in [-0.05, 0) is 12.5 Å². The Morgan fingerprint density at radius 3 is 2.65 bits per heavy atom. The summed E-state index contributed by atoms with van der Waals surface area (Å²) in [5, 5.41) is 6.29. The minimum absolute atomic E-state index is 0.0142. The summed E-state index contributed by atoms with van der Waals surface area (Å²) in [6.45, 7) is 12.2. The highest BCUT2D eigenvalue weighted by Crippen LogP contribution is 2.10. The first-order valence-corrected chi connectivity index (χ1v) is 8.88. The number of carbonyl (C=O) groups is 1. The van der Waals surface area contributed by atoms with Gasteiger partial charge < -0.3 is 15.1 Å². The van der Waals surface area contributed by atoms with Crippen molar-refractivity contribution in [1.29, 1.82) is 0 Å². The standard InChI is InChI=1S/C14H28N4OS/c1-3-17-4-6-18(7-5-17)9-12(2)8-15-14(19)13-10-20-11-16-13/h12-13,16H,3-11H2,1-2H3,(H,15,19). The Balaban J connectivity index is 1.60. The van der Waals surface area contributed by atoms with Crippen molar-refractivity contribution < 1.29 is 4.79 Å². The zero-order chi connectivity index (χ0) is 14.4. The van der Waals surface area contributed by atoms with Crippen LogP contribution in [0.4, 0.5) is 0 Å². The first-order valence-electron chi connectivity index (χ1n) is 7.72. The van der Waals surface area contributed by atoms with Crippen molar-refractivity contribution >= 4 is 17.7 Å². The van der Waals surface area contributed by atoms with Gasteiger partial charge in [0.15, 0.2) is 0 Å². The number of nitrogens with one attached hydrogen (secondary N) is 2. The van der Waals surface area contributed by atoms with Crippen molar-refractivity contribution in [3.05, 3.63) is 0 Å². The number of piperazine rings is 1. The summed E-state index contributed by atoms with van der Waals surface area (Å²) in [7, 11) is 0. The van der Waals surface area contributed by atoms with E-state index < -0.39 is 0 Å². The Kier molecular flexibility index (Phi) is 6.61. The van der Waals surface area contributed by atoms with Gasteiger partial charge >= 0.3 is 0 Å². The van der Waals surface area contributed by atoms with E-state index >= 15 is 0 Å². The molecule has 0 bridgehead atoms. The zero-order valence-corrected chi connectivity index (χ0v) is 13.5. The van der Waals surface area contributed by atoms with Gasteiger partial charge in [-0.1, -0.05) is 13.8 Å². The molecule has 0 aromatic heterocycles. The van der Waals surface area contributed by atoms with Gasteiger partial charge in [0, 0.05) is 50.9 Å². The lowest BCUT2D eigenvalue weighted by atomic mass is 10.1. The fraction of sp³-hybridized carbons (Fsp3) is 0.929. The van der Waals surface area contributed by atoms with Crippen LogP contribution in [0, 0.1) is 5.92 Å². The highest BCUT2D eigenvalue weighted by atomic mass is 32.2. The largest absolute Gasteiger partial charge is 0.354 e. The van der Waals surface area contributed by atoms with Gasteiger partial charge in [-0.15, -0.1) is 11.8 Å². The minimum Gasteiger partial charge on any atom is -0.354 e. The van der Waals surface area contributed by atoms with Crippen LogP contribution < -0.4 is 10.6 Å². The van der Waals surface area contributed by atoms with E-state index in [1.165, 1.54) is 13.1 Å². The minimum atomic E-state index is 0.0142. The van der Waals surface area contributed by atoms with Crippen LogP contribution >= 0.6 is 11.8 Å². The molecular formula is C14H28N4OS. The van der Waals surface area contributed by atoms with Crippen LogP contribution in [0.25, 0.3) is 0 Å². The SMILES string of the molecule is CCN1CCN(CC(C)CNC(=O)C2CSCN2)CC1. The normalized spacial score (nSPS) is 26.6. The van der Waals surface area contributed by atoms with Crippen molar-refractivity contribution in [1.82, 2.24) is 20.4 Å². The summed E-state index contributed by atoms with van der Waals surface area (Å²) in [5.74, 6) is 2.48. The number of thioether (sulfide) groups is 1. The van der Waals surface area contributed by atoms with Gasteiger partial charge in [0.05, 0.1) is 6.04 Å². The molecule has 0 radical (unpaired) electrons. The van der Waals surface area contributed by atoms with E-state index in [9.17, 15) is 4.79 Å². The number of likely N-dealkylation sites (N-methyl/N-ethyl adjacent to an activating group) is 1. The van der Waals surface area contributed by atoms with Crippen molar-refractivity contribution in [2.75, 3.05) is 57.4 Å². The van der Waals surface area contributed by atoms with Gasteiger partial charge in [-0.3, -0.25) is 10.1 Å². The van der Waals surface area contributed by atoms with Crippen LogP contribution in [0.3, 0.4) is 0 Å². The van der Waals surface area contributed by atoms with Crippen molar-refractivity contribution in [3.63, 3.8) is 0 Å². The average molecular weight is 300 g/mol. The number of carbonyl (C=O) groups excluding carboxylic acids is 1. The molecule has 2 atom stereocenters. The Hall–Kier alpha value is -0.300. The first kappa shape index (κ1) is 16.1. The summed E-state index contributed by atoms with van der Waals surface area (Å²) in [4.78, 5) is 16.9. The van der Waals surface area contributed by atoms with Crippen molar-refractivity contribution in [3.8, 4) is 0 Å². The highest BCUT2D eigenvalue weighted by molar-refractivity contribution is 7.99.